The quantitative estimate of drug-likeness (QED) is 0.658. The third-order valence-corrected chi connectivity index (χ3v) is 4.12. The van der Waals surface area contributed by atoms with Gasteiger partial charge in [0.15, 0.2) is 0 Å². The molecule has 0 spiro atoms. The van der Waals surface area contributed by atoms with Gasteiger partial charge in [0, 0.05) is 10.9 Å². The molecule has 1 aromatic rings. The van der Waals surface area contributed by atoms with Gasteiger partial charge in [-0.3, -0.25) is 0 Å². The Morgan fingerprint density at radius 2 is 2.06 bits per heavy atom. The van der Waals surface area contributed by atoms with E-state index in [9.17, 15) is 4.79 Å². The molecule has 0 saturated heterocycles. The predicted octanol–water partition coefficient (Wildman–Crippen LogP) is 3.18. The van der Waals surface area contributed by atoms with E-state index in [1.807, 2.05) is 24.3 Å². The van der Waals surface area contributed by atoms with E-state index < -0.39 is 5.97 Å². The summed E-state index contributed by atoms with van der Waals surface area (Å²) in [6.07, 6.45) is 3.56. The fourth-order valence-corrected chi connectivity index (χ4v) is 2.74. The van der Waals surface area contributed by atoms with Crippen molar-refractivity contribution in [2.24, 2.45) is 5.92 Å². The zero-order valence-electron chi connectivity index (χ0n) is 9.57. The first-order chi connectivity index (χ1) is 8.56. The first kappa shape index (κ1) is 13.4. The molecule has 2 unspecified atom stereocenters. The number of aryl methyl sites for hydroxylation is 1. The number of rotatable bonds is 4. The van der Waals surface area contributed by atoms with Gasteiger partial charge in [0.1, 0.15) is 5.70 Å². The molecule has 1 heterocycles. The lowest BCUT2D eigenvalue weighted by Gasteiger charge is -2.13. The minimum atomic E-state index is -0.909. The summed E-state index contributed by atoms with van der Waals surface area (Å²) in [4.78, 5) is 10.8. The van der Waals surface area contributed by atoms with Crippen LogP contribution in [-0.4, -0.2) is 16.0 Å². The van der Waals surface area contributed by atoms with E-state index in [2.05, 4.69) is 21.2 Å². The van der Waals surface area contributed by atoms with Gasteiger partial charge in [-0.05, 0) is 36.6 Å². The summed E-state index contributed by atoms with van der Waals surface area (Å²) in [6.45, 7) is 0. The summed E-state index contributed by atoms with van der Waals surface area (Å²) in [5, 5.41) is 12.5. The van der Waals surface area contributed by atoms with Crippen molar-refractivity contribution in [1.29, 1.82) is 0 Å². The third kappa shape index (κ3) is 3.27. The number of benzene rings is 1. The highest BCUT2D eigenvalue weighted by Crippen LogP contribution is 2.26. The van der Waals surface area contributed by atoms with Crippen molar-refractivity contribution >= 4 is 33.5 Å². The van der Waals surface area contributed by atoms with Crippen LogP contribution in [0.4, 0.5) is 0 Å². The van der Waals surface area contributed by atoms with Gasteiger partial charge in [-0.15, -0.1) is 0 Å². The van der Waals surface area contributed by atoms with Gasteiger partial charge in [0.25, 0.3) is 0 Å². The van der Waals surface area contributed by atoms with Crippen molar-refractivity contribution in [2.45, 2.75) is 17.8 Å². The van der Waals surface area contributed by atoms with E-state index in [0.29, 0.717) is 0 Å². The second-order valence-electron chi connectivity index (χ2n) is 4.26. The average Bonchev–Trinajstić information content (AvgIpc) is 2.70. The van der Waals surface area contributed by atoms with Gasteiger partial charge in [0.2, 0.25) is 0 Å². The van der Waals surface area contributed by atoms with Crippen molar-refractivity contribution in [3.8, 4) is 0 Å². The lowest BCUT2D eigenvalue weighted by Crippen LogP contribution is -2.24. The van der Waals surface area contributed by atoms with Crippen LogP contribution >= 0.6 is 27.5 Å². The number of carboxylic acids is 1. The molecule has 3 nitrogen and oxygen atoms in total. The fourth-order valence-electron chi connectivity index (χ4n) is 1.95. The number of carboxylic acid groups (broad SMARTS) is 1. The zero-order valence-corrected chi connectivity index (χ0v) is 11.9. The van der Waals surface area contributed by atoms with Crippen molar-refractivity contribution in [1.82, 2.24) is 5.32 Å². The summed E-state index contributed by atoms with van der Waals surface area (Å²) < 4.78 is 0. The molecule has 2 rings (SSSR count). The van der Waals surface area contributed by atoms with Crippen molar-refractivity contribution in [3.05, 3.63) is 46.6 Å². The Bertz CT molecular complexity index is 472. The Morgan fingerprint density at radius 3 is 2.61 bits per heavy atom. The summed E-state index contributed by atoms with van der Waals surface area (Å²) in [6, 6.07) is 7.73. The molecule has 0 saturated carbocycles. The van der Waals surface area contributed by atoms with E-state index >= 15 is 0 Å². The Labute approximate surface area is 119 Å². The van der Waals surface area contributed by atoms with Gasteiger partial charge >= 0.3 is 5.97 Å². The standard InChI is InChI=1S/C13H13BrClNO2/c14-12-9(7-11(16-12)13(17)18)4-1-8-2-5-10(15)6-3-8/h2-3,5-7,9,12,16H,1,4H2,(H,17,18). The summed E-state index contributed by atoms with van der Waals surface area (Å²) in [5.41, 5.74) is 1.48. The highest BCUT2D eigenvalue weighted by molar-refractivity contribution is 9.09. The summed E-state index contributed by atoms with van der Waals surface area (Å²) >= 11 is 9.27. The smallest absolute Gasteiger partial charge is 0.351 e. The van der Waals surface area contributed by atoms with Gasteiger partial charge in [-0.1, -0.05) is 39.7 Å². The summed E-state index contributed by atoms with van der Waals surface area (Å²) in [7, 11) is 0. The van der Waals surface area contributed by atoms with Crippen LogP contribution < -0.4 is 5.32 Å². The van der Waals surface area contributed by atoms with Crippen LogP contribution in [0.15, 0.2) is 36.0 Å². The first-order valence-corrected chi connectivity index (χ1v) is 6.96. The molecule has 1 aliphatic heterocycles. The lowest BCUT2D eigenvalue weighted by molar-refractivity contribution is -0.133. The van der Waals surface area contributed by atoms with Crippen LogP contribution in [0.5, 0.6) is 0 Å². The molecule has 2 N–H and O–H groups in total. The number of carbonyl (C=O) groups is 1. The van der Waals surface area contributed by atoms with Crippen LogP contribution in [0.1, 0.15) is 12.0 Å². The van der Waals surface area contributed by atoms with Crippen molar-refractivity contribution in [2.75, 3.05) is 0 Å². The number of alkyl halides is 1. The monoisotopic (exact) mass is 329 g/mol. The third-order valence-electron chi connectivity index (χ3n) is 2.96. The Balaban J connectivity index is 1.94. The van der Waals surface area contributed by atoms with E-state index in [1.165, 1.54) is 5.56 Å². The maximum atomic E-state index is 10.8. The second kappa shape index (κ2) is 5.76. The largest absolute Gasteiger partial charge is 0.477 e. The highest BCUT2D eigenvalue weighted by atomic mass is 79.9. The van der Waals surface area contributed by atoms with Crippen LogP contribution in [0, 0.1) is 5.92 Å². The molecular formula is C13H13BrClNO2. The predicted molar refractivity (Wildman–Crippen MR) is 74.8 cm³/mol. The SMILES string of the molecule is O=C(O)C1=CC(CCc2ccc(Cl)cc2)C(Br)N1. The fraction of sp³-hybridized carbons (Fsp3) is 0.308. The average molecular weight is 331 g/mol. The number of hydrogen-bond acceptors (Lipinski definition) is 2. The second-order valence-corrected chi connectivity index (χ2v) is 5.68. The molecule has 0 bridgehead atoms. The van der Waals surface area contributed by atoms with Gasteiger partial charge in [-0.25, -0.2) is 4.79 Å². The van der Waals surface area contributed by atoms with E-state index in [-0.39, 0.29) is 16.6 Å². The van der Waals surface area contributed by atoms with Gasteiger partial charge in [-0.2, -0.15) is 0 Å². The van der Waals surface area contributed by atoms with E-state index in [4.69, 9.17) is 16.7 Å². The molecule has 0 fully saturated rings. The molecule has 0 radical (unpaired) electrons. The Morgan fingerprint density at radius 1 is 1.39 bits per heavy atom. The van der Waals surface area contributed by atoms with E-state index in [0.717, 1.165) is 17.9 Å². The zero-order chi connectivity index (χ0) is 13.1. The highest BCUT2D eigenvalue weighted by Gasteiger charge is 2.27. The molecule has 18 heavy (non-hydrogen) atoms. The Hall–Kier alpha value is -1.000. The van der Waals surface area contributed by atoms with Gasteiger partial charge in [0.05, 0.1) is 4.95 Å². The number of nitrogens with one attached hydrogen (secondary N) is 1. The van der Waals surface area contributed by atoms with Gasteiger partial charge < -0.3 is 10.4 Å². The Kier molecular flexibility index (Phi) is 4.30. The minimum absolute atomic E-state index is 0.00380. The molecule has 5 heteroatoms. The maximum Gasteiger partial charge on any atom is 0.351 e. The first-order valence-electron chi connectivity index (χ1n) is 5.66. The molecule has 96 valence electrons. The molecule has 1 aromatic carbocycles. The number of aliphatic carboxylic acids is 1. The normalized spacial score (nSPS) is 22.4. The minimum Gasteiger partial charge on any atom is -0.477 e. The molecular weight excluding hydrogens is 318 g/mol. The molecule has 2 atom stereocenters. The maximum absolute atomic E-state index is 10.8. The van der Waals surface area contributed by atoms with Crippen LogP contribution in [0.25, 0.3) is 0 Å². The molecule has 0 amide bonds. The van der Waals surface area contributed by atoms with Crippen molar-refractivity contribution in [3.63, 3.8) is 0 Å². The van der Waals surface area contributed by atoms with Crippen LogP contribution in [0.3, 0.4) is 0 Å². The number of hydrogen-bond donors (Lipinski definition) is 2. The van der Waals surface area contributed by atoms with Crippen LogP contribution in [-0.2, 0) is 11.2 Å². The lowest BCUT2D eigenvalue weighted by atomic mass is 10.0. The van der Waals surface area contributed by atoms with Crippen LogP contribution in [0.2, 0.25) is 5.02 Å². The molecule has 0 aromatic heterocycles. The topological polar surface area (TPSA) is 49.3 Å². The van der Waals surface area contributed by atoms with E-state index in [1.54, 1.807) is 6.08 Å². The van der Waals surface area contributed by atoms with Crippen molar-refractivity contribution < 1.29 is 9.90 Å². The number of halogens is 2. The molecule has 0 aliphatic carbocycles. The molecule has 1 aliphatic rings. The summed E-state index contributed by atoms with van der Waals surface area (Å²) in [5.74, 6) is -0.722.